The zero-order valence-electron chi connectivity index (χ0n) is 17.4. The summed E-state index contributed by atoms with van der Waals surface area (Å²) in [6.07, 6.45) is 0.590. The fourth-order valence-corrected chi connectivity index (χ4v) is 4.82. The average Bonchev–Trinajstić information content (AvgIpc) is 3.01. The van der Waals surface area contributed by atoms with E-state index in [1.165, 1.54) is 4.31 Å². The van der Waals surface area contributed by atoms with Gasteiger partial charge in [-0.3, -0.25) is 4.79 Å². The molecule has 0 bridgehead atoms. The zero-order chi connectivity index (χ0) is 21.6. The monoisotopic (exact) mass is 432 g/mol. The van der Waals surface area contributed by atoms with E-state index in [9.17, 15) is 13.2 Å². The summed E-state index contributed by atoms with van der Waals surface area (Å²) in [7, 11) is -1.96. The summed E-state index contributed by atoms with van der Waals surface area (Å²) in [4.78, 5) is 14.5. The molecule has 7 nitrogen and oxygen atoms in total. The van der Waals surface area contributed by atoms with Gasteiger partial charge < -0.3 is 14.4 Å². The predicted octanol–water partition coefficient (Wildman–Crippen LogP) is 2.44. The fraction of sp³-hybridized carbons (Fsp3) is 0.409. The summed E-state index contributed by atoms with van der Waals surface area (Å²) >= 11 is 0. The largest absolute Gasteiger partial charge is 0.497 e. The lowest BCUT2D eigenvalue weighted by Gasteiger charge is -2.22. The molecule has 0 N–H and O–H groups in total. The second-order valence-corrected chi connectivity index (χ2v) is 9.23. The smallest absolute Gasteiger partial charge is 0.248 e. The van der Waals surface area contributed by atoms with Crippen LogP contribution < -0.4 is 4.74 Å². The number of amides is 1. The second-order valence-electron chi connectivity index (χ2n) is 7.30. The third-order valence-electron chi connectivity index (χ3n) is 5.09. The van der Waals surface area contributed by atoms with Crippen LogP contribution in [-0.4, -0.2) is 63.4 Å². The van der Waals surface area contributed by atoms with E-state index in [2.05, 4.69) is 0 Å². The minimum Gasteiger partial charge on any atom is -0.497 e. The molecule has 162 valence electrons. The number of carbonyl (C=O) groups excluding carboxylic acids is 1. The van der Waals surface area contributed by atoms with Crippen molar-refractivity contribution in [2.45, 2.75) is 24.8 Å². The van der Waals surface area contributed by atoms with Crippen molar-refractivity contribution in [2.75, 3.05) is 39.9 Å². The molecule has 1 fully saturated rings. The van der Waals surface area contributed by atoms with Gasteiger partial charge in [-0.25, -0.2) is 8.42 Å². The summed E-state index contributed by atoms with van der Waals surface area (Å²) in [6, 6.07) is 14.3. The van der Waals surface area contributed by atoms with Crippen molar-refractivity contribution < 1.29 is 22.7 Å². The molecule has 0 aliphatic carbocycles. The standard InChI is InChI=1S/C22H28N2O5S/c1-18-7-9-21(10-8-18)30(26,27)24-12-4-11-23(13-14-24)22(25)17-29-16-19-5-3-6-20(15-19)28-2/h3,5-10,15H,4,11-14,16-17H2,1-2H3. The third kappa shape index (κ3) is 5.59. The Hall–Kier alpha value is -2.42. The Balaban J connectivity index is 1.52. The molecule has 1 aliphatic heterocycles. The van der Waals surface area contributed by atoms with E-state index >= 15 is 0 Å². The summed E-state index contributed by atoms with van der Waals surface area (Å²) in [5.41, 5.74) is 1.93. The number of nitrogens with zero attached hydrogens (tertiary/aromatic N) is 2. The Labute approximate surface area is 178 Å². The first-order chi connectivity index (χ1) is 14.4. The van der Waals surface area contributed by atoms with Crippen LogP contribution in [0.4, 0.5) is 0 Å². The van der Waals surface area contributed by atoms with E-state index in [4.69, 9.17) is 9.47 Å². The minimum absolute atomic E-state index is 0.0398. The summed E-state index contributed by atoms with van der Waals surface area (Å²) in [6.45, 7) is 3.73. The quantitative estimate of drug-likeness (QED) is 0.672. The number of aryl methyl sites for hydroxylation is 1. The van der Waals surface area contributed by atoms with Gasteiger partial charge in [-0.2, -0.15) is 4.31 Å². The van der Waals surface area contributed by atoms with Crippen LogP contribution in [0.15, 0.2) is 53.4 Å². The van der Waals surface area contributed by atoms with Gasteiger partial charge >= 0.3 is 0 Å². The molecule has 0 aromatic heterocycles. The topological polar surface area (TPSA) is 76.2 Å². The first kappa shape index (κ1) is 22.3. The Kier molecular flexibility index (Phi) is 7.47. The van der Waals surface area contributed by atoms with Crippen LogP contribution in [0.3, 0.4) is 0 Å². The summed E-state index contributed by atoms with van der Waals surface area (Å²) in [5.74, 6) is 0.609. The molecule has 1 aliphatic rings. The van der Waals surface area contributed by atoms with Crippen molar-refractivity contribution in [3.8, 4) is 5.75 Å². The van der Waals surface area contributed by atoms with Crippen molar-refractivity contribution >= 4 is 15.9 Å². The highest BCUT2D eigenvalue weighted by Gasteiger charge is 2.28. The Morgan fingerprint density at radius 3 is 2.53 bits per heavy atom. The van der Waals surface area contributed by atoms with Gasteiger partial charge in [0, 0.05) is 26.2 Å². The minimum atomic E-state index is -3.56. The molecular formula is C22H28N2O5S. The molecule has 1 saturated heterocycles. The molecule has 8 heteroatoms. The number of methoxy groups -OCH3 is 1. The van der Waals surface area contributed by atoms with Crippen LogP contribution in [0, 0.1) is 6.92 Å². The summed E-state index contributed by atoms with van der Waals surface area (Å²) < 4.78 is 38.0. The number of benzene rings is 2. The van der Waals surface area contributed by atoms with E-state index < -0.39 is 10.0 Å². The van der Waals surface area contributed by atoms with E-state index in [1.807, 2.05) is 31.2 Å². The van der Waals surface area contributed by atoms with Gasteiger partial charge in [0.25, 0.3) is 0 Å². The number of ether oxygens (including phenoxy) is 2. The van der Waals surface area contributed by atoms with Gasteiger partial charge in [0.05, 0.1) is 18.6 Å². The molecule has 0 radical (unpaired) electrons. The SMILES string of the molecule is COc1cccc(COCC(=O)N2CCCN(S(=O)(=O)c3ccc(C)cc3)CC2)c1. The number of rotatable bonds is 7. The lowest BCUT2D eigenvalue weighted by Crippen LogP contribution is -2.38. The molecule has 30 heavy (non-hydrogen) atoms. The molecule has 1 heterocycles. The van der Waals surface area contributed by atoms with Gasteiger partial charge in [-0.15, -0.1) is 0 Å². The Morgan fingerprint density at radius 1 is 1.03 bits per heavy atom. The first-order valence-electron chi connectivity index (χ1n) is 9.95. The molecule has 0 atom stereocenters. The molecule has 3 rings (SSSR count). The Bertz CT molecular complexity index is 960. The van der Waals surface area contributed by atoms with Crippen molar-refractivity contribution in [3.63, 3.8) is 0 Å². The van der Waals surface area contributed by atoms with Crippen molar-refractivity contribution in [2.24, 2.45) is 0 Å². The van der Waals surface area contributed by atoms with E-state index in [-0.39, 0.29) is 24.0 Å². The van der Waals surface area contributed by atoms with Gasteiger partial charge in [-0.05, 0) is 43.2 Å². The molecular weight excluding hydrogens is 404 g/mol. The highest BCUT2D eigenvalue weighted by Crippen LogP contribution is 2.18. The van der Waals surface area contributed by atoms with Crippen molar-refractivity contribution in [3.05, 3.63) is 59.7 Å². The van der Waals surface area contributed by atoms with Crippen LogP contribution in [0.25, 0.3) is 0 Å². The van der Waals surface area contributed by atoms with E-state index in [1.54, 1.807) is 36.3 Å². The number of hydrogen-bond donors (Lipinski definition) is 0. The van der Waals surface area contributed by atoms with Gasteiger partial charge in [0.1, 0.15) is 12.4 Å². The number of sulfonamides is 1. The highest BCUT2D eigenvalue weighted by molar-refractivity contribution is 7.89. The third-order valence-corrected chi connectivity index (χ3v) is 7.01. The van der Waals surface area contributed by atoms with Crippen molar-refractivity contribution in [1.82, 2.24) is 9.21 Å². The van der Waals surface area contributed by atoms with Crippen LogP contribution in [-0.2, 0) is 26.2 Å². The second kappa shape index (κ2) is 10.1. The fourth-order valence-electron chi connectivity index (χ4n) is 3.35. The van der Waals surface area contributed by atoms with E-state index in [0.29, 0.717) is 32.7 Å². The molecule has 0 unspecified atom stereocenters. The van der Waals surface area contributed by atoms with Crippen LogP contribution >= 0.6 is 0 Å². The molecule has 2 aromatic rings. The number of carbonyl (C=O) groups is 1. The highest BCUT2D eigenvalue weighted by atomic mass is 32.2. The van der Waals surface area contributed by atoms with Crippen LogP contribution in [0.1, 0.15) is 17.5 Å². The lowest BCUT2D eigenvalue weighted by atomic mass is 10.2. The lowest BCUT2D eigenvalue weighted by molar-refractivity contribution is -0.136. The van der Waals surface area contributed by atoms with Gasteiger partial charge in [-0.1, -0.05) is 29.8 Å². The summed E-state index contributed by atoms with van der Waals surface area (Å²) in [5, 5.41) is 0. The molecule has 2 aromatic carbocycles. The number of hydrogen-bond acceptors (Lipinski definition) is 5. The maximum absolute atomic E-state index is 12.9. The molecule has 1 amide bonds. The van der Waals surface area contributed by atoms with Crippen molar-refractivity contribution in [1.29, 1.82) is 0 Å². The molecule has 0 saturated carbocycles. The zero-order valence-corrected chi connectivity index (χ0v) is 18.2. The Morgan fingerprint density at radius 2 is 1.80 bits per heavy atom. The van der Waals surface area contributed by atoms with Crippen LogP contribution in [0.5, 0.6) is 5.75 Å². The van der Waals surface area contributed by atoms with E-state index in [0.717, 1.165) is 16.9 Å². The normalized spacial score (nSPS) is 15.6. The average molecular weight is 433 g/mol. The van der Waals surface area contributed by atoms with Crippen LogP contribution in [0.2, 0.25) is 0 Å². The van der Waals surface area contributed by atoms with Gasteiger partial charge in [0.2, 0.25) is 15.9 Å². The first-order valence-corrected chi connectivity index (χ1v) is 11.4. The maximum Gasteiger partial charge on any atom is 0.248 e. The maximum atomic E-state index is 12.9. The molecule has 0 spiro atoms. The van der Waals surface area contributed by atoms with Gasteiger partial charge in [0.15, 0.2) is 0 Å². The predicted molar refractivity (Wildman–Crippen MR) is 114 cm³/mol.